The topological polar surface area (TPSA) is 81.2 Å². The van der Waals surface area contributed by atoms with E-state index in [-0.39, 0.29) is 17.2 Å². The molecule has 1 amide bonds. The Hall–Kier alpha value is -2.44. The van der Waals surface area contributed by atoms with Gasteiger partial charge in [0.25, 0.3) is 11.5 Å². The minimum Gasteiger partial charge on any atom is -0.351 e. The number of rotatable bonds is 4. The van der Waals surface area contributed by atoms with E-state index >= 15 is 0 Å². The van der Waals surface area contributed by atoms with Crippen molar-refractivity contribution in [2.45, 2.75) is 38.1 Å². The molecule has 7 heteroatoms. The van der Waals surface area contributed by atoms with Gasteiger partial charge in [0.2, 0.25) is 5.76 Å². The zero-order valence-corrected chi connectivity index (χ0v) is 13.4. The lowest BCUT2D eigenvalue weighted by molar-refractivity contribution is 0.0640. The second kappa shape index (κ2) is 6.22. The van der Waals surface area contributed by atoms with Gasteiger partial charge in [0, 0.05) is 37.7 Å². The fourth-order valence-electron chi connectivity index (χ4n) is 3.26. The van der Waals surface area contributed by atoms with E-state index < -0.39 is 0 Å². The molecule has 0 spiro atoms. The van der Waals surface area contributed by atoms with Crippen LogP contribution in [0.1, 0.15) is 47.8 Å². The third-order valence-electron chi connectivity index (χ3n) is 4.90. The first kappa shape index (κ1) is 15.1. The molecule has 3 heterocycles. The summed E-state index contributed by atoms with van der Waals surface area (Å²) in [5.41, 5.74) is 0.968. The van der Waals surface area contributed by atoms with Gasteiger partial charge in [0.15, 0.2) is 0 Å². The molecule has 1 saturated heterocycles. The maximum Gasteiger partial charge on any atom is 0.292 e. The molecule has 1 aliphatic carbocycles. The quantitative estimate of drug-likeness (QED) is 0.852. The van der Waals surface area contributed by atoms with Gasteiger partial charge in [-0.1, -0.05) is 5.16 Å². The molecular weight excluding hydrogens is 308 g/mol. The van der Waals surface area contributed by atoms with Crippen LogP contribution in [0.25, 0.3) is 0 Å². The fourth-order valence-corrected chi connectivity index (χ4v) is 3.26. The summed E-state index contributed by atoms with van der Waals surface area (Å²) in [6.45, 7) is 2.01. The molecule has 7 nitrogen and oxygen atoms in total. The summed E-state index contributed by atoms with van der Waals surface area (Å²) in [6, 6.07) is 3.27. The Labute approximate surface area is 139 Å². The SMILES string of the molecule is O=C(c1ccno1)N1CCC(Cn2cnc(C3CC3)cc2=O)CC1. The minimum absolute atomic E-state index is 0.0343. The maximum atomic E-state index is 12.2. The van der Waals surface area contributed by atoms with Gasteiger partial charge in [-0.15, -0.1) is 0 Å². The predicted octanol–water partition coefficient (Wildman–Crippen LogP) is 1.66. The molecule has 0 atom stereocenters. The largest absolute Gasteiger partial charge is 0.351 e. The number of carbonyl (C=O) groups is 1. The molecule has 126 valence electrons. The highest BCUT2D eigenvalue weighted by Gasteiger charge is 2.27. The molecule has 0 radical (unpaired) electrons. The molecule has 4 rings (SSSR count). The van der Waals surface area contributed by atoms with Crippen LogP contribution in [-0.2, 0) is 6.54 Å². The van der Waals surface area contributed by atoms with Gasteiger partial charge in [0.1, 0.15) is 0 Å². The summed E-state index contributed by atoms with van der Waals surface area (Å²) < 4.78 is 6.63. The molecule has 0 N–H and O–H groups in total. The average molecular weight is 328 g/mol. The van der Waals surface area contributed by atoms with Crippen molar-refractivity contribution in [3.05, 3.63) is 46.5 Å². The monoisotopic (exact) mass is 328 g/mol. The second-order valence-electron chi connectivity index (χ2n) is 6.69. The normalized spacial score (nSPS) is 18.8. The molecule has 1 saturated carbocycles. The van der Waals surface area contributed by atoms with Crippen molar-refractivity contribution in [3.63, 3.8) is 0 Å². The van der Waals surface area contributed by atoms with Crippen LogP contribution in [0, 0.1) is 5.92 Å². The van der Waals surface area contributed by atoms with E-state index in [1.165, 1.54) is 6.20 Å². The van der Waals surface area contributed by atoms with Crippen LogP contribution in [0.15, 0.2) is 34.0 Å². The highest BCUT2D eigenvalue weighted by molar-refractivity contribution is 5.91. The maximum absolute atomic E-state index is 12.2. The Kier molecular flexibility index (Phi) is 3.92. The first-order chi connectivity index (χ1) is 11.7. The third kappa shape index (κ3) is 3.11. The second-order valence-corrected chi connectivity index (χ2v) is 6.69. The van der Waals surface area contributed by atoms with Gasteiger partial charge in [-0.3, -0.25) is 14.2 Å². The van der Waals surface area contributed by atoms with E-state index in [0.29, 0.717) is 31.5 Å². The van der Waals surface area contributed by atoms with E-state index in [1.807, 2.05) is 0 Å². The lowest BCUT2D eigenvalue weighted by Crippen LogP contribution is -2.40. The summed E-state index contributed by atoms with van der Waals surface area (Å²) >= 11 is 0. The average Bonchev–Trinajstić information content (AvgIpc) is 3.31. The van der Waals surface area contributed by atoms with Gasteiger partial charge in [-0.2, -0.15) is 0 Å². The van der Waals surface area contributed by atoms with Crippen molar-refractivity contribution in [1.29, 1.82) is 0 Å². The van der Waals surface area contributed by atoms with Crippen molar-refractivity contribution in [2.24, 2.45) is 5.92 Å². The molecule has 24 heavy (non-hydrogen) atoms. The van der Waals surface area contributed by atoms with Crippen molar-refractivity contribution in [2.75, 3.05) is 13.1 Å². The number of likely N-dealkylation sites (tertiary alicyclic amines) is 1. The molecular formula is C17H20N4O3. The van der Waals surface area contributed by atoms with Gasteiger partial charge in [-0.25, -0.2) is 4.98 Å². The van der Waals surface area contributed by atoms with Crippen molar-refractivity contribution in [1.82, 2.24) is 19.6 Å². The van der Waals surface area contributed by atoms with Gasteiger partial charge < -0.3 is 9.42 Å². The van der Waals surface area contributed by atoms with E-state index in [0.717, 1.165) is 31.4 Å². The highest BCUT2D eigenvalue weighted by Crippen LogP contribution is 2.38. The number of aromatic nitrogens is 3. The summed E-state index contributed by atoms with van der Waals surface area (Å²) in [5.74, 6) is 1.05. The Balaban J connectivity index is 1.35. The molecule has 2 aliphatic rings. The minimum atomic E-state index is -0.112. The van der Waals surface area contributed by atoms with E-state index in [9.17, 15) is 9.59 Å². The van der Waals surface area contributed by atoms with E-state index in [2.05, 4.69) is 10.1 Å². The molecule has 2 fully saturated rings. The lowest BCUT2D eigenvalue weighted by Gasteiger charge is -2.31. The highest BCUT2D eigenvalue weighted by atomic mass is 16.5. The van der Waals surface area contributed by atoms with Crippen LogP contribution in [0.4, 0.5) is 0 Å². The number of nitrogens with zero attached hydrogens (tertiary/aromatic N) is 4. The standard InChI is InChI=1S/C17H20N4O3/c22-16-9-14(13-1-2-13)18-11-21(16)10-12-4-7-20(8-5-12)17(23)15-3-6-19-24-15/h3,6,9,11-13H,1-2,4-5,7-8,10H2. The molecule has 2 aromatic heterocycles. The van der Waals surface area contributed by atoms with Gasteiger partial charge >= 0.3 is 0 Å². The summed E-state index contributed by atoms with van der Waals surface area (Å²) in [7, 11) is 0. The first-order valence-electron chi connectivity index (χ1n) is 8.47. The van der Waals surface area contributed by atoms with Crippen LogP contribution in [0.5, 0.6) is 0 Å². The molecule has 0 bridgehead atoms. The van der Waals surface area contributed by atoms with Crippen LogP contribution in [0.3, 0.4) is 0 Å². The van der Waals surface area contributed by atoms with Crippen LogP contribution in [-0.4, -0.2) is 38.6 Å². The number of hydrogen-bond donors (Lipinski definition) is 0. The Morgan fingerprint density at radius 3 is 2.67 bits per heavy atom. The molecule has 2 aromatic rings. The zero-order valence-electron chi connectivity index (χ0n) is 13.4. The summed E-state index contributed by atoms with van der Waals surface area (Å²) in [5, 5.41) is 3.57. The zero-order chi connectivity index (χ0) is 16.5. The number of carbonyl (C=O) groups excluding carboxylic acids is 1. The summed E-state index contributed by atoms with van der Waals surface area (Å²) in [4.78, 5) is 30.6. The fraction of sp³-hybridized carbons (Fsp3) is 0.529. The molecule has 1 aliphatic heterocycles. The smallest absolute Gasteiger partial charge is 0.292 e. The van der Waals surface area contributed by atoms with Crippen LogP contribution >= 0.6 is 0 Å². The Morgan fingerprint density at radius 2 is 2.04 bits per heavy atom. The number of piperidine rings is 1. The lowest BCUT2D eigenvalue weighted by atomic mass is 9.96. The van der Waals surface area contributed by atoms with Gasteiger partial charge in [-0.05, 0) is 31.6 Å². The first-order valence-corrected chi connectivity index (χ1v) is 8.47. The van der Waals surface area contributed by atoms with Crippen LogP contribution < -0.4 is 5.56 Å². The third-order valence-corrected chi connectivity index (χ3v) is 4.90. The van der Waals surface area contributed by atoms with Gasteiger partial charge in [0.05, 0.1) is 18.2 Å². The van der Waals surface area contributed by atoms with Crippen LogP contribution in [0.2, 0.25) is 0 Å². The number of hydrogen-bond acceptors (Lipinski definition) is 5. The number of amides is 1. The van der Waals surface area contributed by atoms with Crippen molar-refractivity contribution in [3.8, 4) is 0 Å². The van der Waals surface area contributed by atoms with E-state index in [1.54, 1.807) is 27.9 Å². The van der Waals surface area contributed by atoms with Crippen molar-refractivity contribution < 1.29 is 9.32 Å². The molecule has 0 aromatic carbocycles. The van der Waals surface area contributed by atoms with Crippen molar-refractivity contribution >= 4 is 5.91 Å². The Bertz CT molecular complexity index is 771. The summed E-state index contributed by atoms with van der Waals surface area (Å²) in [6.07, 6.45) is 7.20. The van der Waals surface area contributed by atoms with E-state index in [4.69, 9.17) is 4.52 Å². The Morgan fingerprint density at radius 1 is 1.25 bits per heavy atom. The molecule has 0 unspecified atom stereocenters. The predicted molar refractivity (Wildman–Crippen MR) is 85.6 cm³/mol.